The van der Waals surface area contributed by atoms with Gasteiger partial charge in [-0.05, 0) is 32.4 Å². The zero-order chi connectivity index (χ0) is 14.5. The Bertz CT molecular complexity index is 577. The van der Waals surface area contributed by atoms with Crippen LogP contribution in [0.25, 0.3) is 11.0 Å². The first kappa shape index (κ1) is 14.5. The van der Waals surface area contributed by atoms with Crippen LogP contribution in [-0.2, 0) is 11.3 Å². The van der Waals surface area contributed by atoms with Gasteiger partial charge in [-0.1, -0.05) is 12.1 Å². The number of amides is 1. The van der Waals surface area contributed by atoms with Crippen LogP contribution in [0.4, 0.5) is 0 Å². The minimum Gasteiger partial charge on any atom is -0.393 e. The molecule has 108 valence electrons. The summed E-state index contributed by atoms with van der Waals surface area (Å²) in [5.74, 6) is -0.00377. The molecule has 0 aliphatic heterocycles. The molecule has 0 saturated carbocycles. The molecule has 1 amide bonds. The Balaban J connectivity index is 1.87. The van der Waals surface area contributed by atoms with E-state index in [1.54, 1.807) is 13.3 Å². The number of hydrogen-bond acceptors (Lipinski definition) is 3. The van der Waals surface area contributed by atoms with Gasteiger partial charge in [-0.25, -0.2) is 4.98 Å². The molecule has 1 aromatic carbocycles. The van der Waals surface area contributed by atoms with Crippen molar-refractivity contribution in [3.05, 3.63) is 30.6 Å². The van der Waals surface area contributed by atoms with Crippen LogP contribution in [0.15, 0.2) is 30.6 Å². The molecule has 0 spiro atoms. The highest BCUT2D eigenvalue weighted by molar-refractivity contribution is 5.77. The molecule has 2 atom stereocenters. The number of para-hydroxylation sites is 2. The Morgan fingerprint density at radius 3 is 2.90 bits per heavy atom. The van der Waals surface area contributed by atoms with E-state index < -0.39 is 6.10 Å². The number of aryl methyl sites for hydroxylation is 1. The van der Waals surface area contributed by atoms with Gasteiger partial charge in [0.15, 0.2) is 0 Å². The molecule has 5 nitrogen and oxygen atoms in total. The van der Waals surface area contributed by atoms with Gasteiger partial charge in [0.1, 0.15) is 0 Å². The zero-order valence-corrected chi connectivity index (χ0v) is 11.9. The molecule has 2 aromatic rings. The van der Waals surface area contributed by atoms with Crippen LogP contribution in [-0.4, -0.2) is 32.7 Å². The number of carbonyl (C=O) groups is 1. The minimum atomic E-state index is -0.400. The molecule has 0 aliphatic carbocycles. The molecule has 2 N–H and O–H groups in total. The van der Waals surface area contributed by atoms with E-state index in [4.69, 9.17) is 0 Å². The quantitative estimate of drug-likeness (QED) is 0.843. The van der Waals surface area contributed by atoms with Crippen LogP contribution in [0, 0.1) is 0 Å². The summed E-state index contributed by atoms with van der Waals surface area (Å²) in [6.45, 7) is 4.23. The fourth-order valence-electron chi connectivity index (χ4n) is 2.33. The summed E-state index contributed by atoms with van der Waals surface area (Å²) in [4.78, 5) is 16.1. The van der Waals surface area contributed by atoms with E-state index in [1.165, 1.54) is 0 Å². The van der Waals surface area contributed by atoms with Crippen molar-refractivity contribution in [2.24, 2.45) is 0 Å². The van der Waals surface area contributed by atoms with E-state index in [0.717, 1.165) is 11.0 Å². The minimum absolute atomic E-state index is 0.00377. The predicted octanol–water partition coefficient (Wildman–Crippen LogP) is 1.70. The molecule has 1 heterocycles. The fraction of sp³-hybridized carbons (Fsp3) is 0.467. The number of imidazole rings is 1. The Morgan fingerprint density at radius 1 is 1.40 bits per heavy atom. The summed E-state index contributed by atoms with van der Waals surface area (Å²) >= 11 is 0. The SMILES string of the molecule is CC(O)CC(C)NC(=O)CCn1cnc2ccccc21. The number of aliphatic hydroxyl groups excluding tert-OH is 1. The summed E-state index contributed by atoms with van der Waals surface area (Å²) in [7, 11) is 0. The van der Waals surface area contributed by atoms with Crippen LogP contribution in [0.1, 0.15) is 26.7 Å². The number of aliphatic hydroxyl groups is 1. The number of carbonyl (C=O) groups excluding carboxylic acids is 1. The predicted molar refractivity (Wildman–Crippen MR) is 78.3 cm³/mol. The van der Waals surface area contributed by atoms with Crippen molar-refractivity contribution in [2.75, 3.05) is 0 Å². The average molecular weight is 275 g/mol. The van der Waals surface area contributed by atoms with Gasteiger partial charge in [-0.2, -0.15) is 0 Å². The Kier molecular flexibility index (Phi) is 4.74. The molecule has 0 fully saturated rings. The third kappa shape index (κ3) is 3.81. The largest absolute Gasteiger partial charge is 0.393 e. The first-order chi connectivity index (χ1) is 9.56. The Labute approximate surface area is 118 Å². The maximum atomic E-state index is 11.8. The maximum Gasteiger partial charge on any atom is 0.222 e. The van der Waals surface area contributed by atoms with Crippen molar-refractivity contribution >= 4 is 16.9 Å². The van der Waals surface area contributed by atoms with Gasteiger partial charge < -0.3 is 15.0 Å². The lowest BCUT2D eigenvalue weighted by atomic mass is 10.1. The highest BCUT2D eigenvalue weighted by atomic mass is 16.3. The average Bonchev–Trinajstić information content (AvgIpc) is 2.78. The van der Waals surface area contributed by atoms with Crippen molar-refractivity contribution in [1.29, 1.82) is 0 Å². The van der Waals surface area contributed by atoms with Gasteiger partial charge in [0.05, 0.1) is 23.5 Å². The van der Waals surface area contributed by atoms with Crippen LogP contribution in [0.3, 0.4) is 0 Å². The van der Waals surface area contributed by atoms with Crippen LogP contribution < -0.4 is 5.32 Å². The number of aromatic nitrogens is 2. The number of hydrogen-bond donors (Lipinski definition) is 2. The highest BCUT2D eigenvalue weighted by Crippen LogP contribution is 2.12. The van der Waals surface area contributed by atoms with Gasteiger partial charge in [0, 0.05) is 19.0 Å². The lowest BCUT2D eigenvalue weighted by molar-refractivity contribution is -0.122. The third-order valence-corrected chi connectivity index (χ3v) is 3.21. The number of benzene rings is 1. The number of nitrogens with one attached hydrogen (secondary N) is 1. The van der Waals surface area contributed by atoms with E-state index in [2.05, 4.69) is 10.3 Å². The van der Waals surface area contributed by atoms with Crippen molar-refractivity contribution in [2.45, 2.75) is 45.4 Å². The monoisotopic (exact) mass is 275 g/mol. The molecule has 1 aromatic heterocycles. The first-order valence-electron chi connectivity index (χ1n) is 6.93. The molecule has 0 aliphatic rings. The van der Waals surface area contributed by atoms with Crippen LogP contribution in [0.5, 0.6) is 0 Å². The Morgan fingerprint density at radius 2 is 2.15 bits per heavy atom. The molecule has 20 heavy (non-hydrogen) atoms. The molecule has 0 saturated heterocycles. The summed E-state index contributed by atoms with van der Waals surface area (Å²) in [6, 6.07) is 7.85. The fourth-order valence-corrected chi connectivity index (χ4v) is 2.33. The van der Waals surface area contributed by atoms with Crippen LogP contribution in [0.2, 0.25) is 0 Å². The second kappa shape index (κ2) is 6.52. The highest BCUT2D eigenvalue weighted by Gasteiger charge is 2.10. The number of fused-ring (bicyclic) bond motifs is 1. The molecule has 5 heteroatoms. The standard InChI is InChI=1S/C15H21N3O2/c1-11(9-12(2)19)17-15(20)7-8-18-10-16-13-5-3-4-6-14(13)18/h3-6,10-12,19H,7-9H2,1-2H3,(H,17,20). The lowest BCUT2D eigenvalue weighted by Crippen LogP contribution is -2.35. The van der Waals surface area contributed by atoms with Crippen molar-refractivity contribution in [3.8, 4) is 0 Å². The van der Waals surface area contributed by atoms with E-state index in [9.17, 15) is 9.90 Å². The summed E-state index contributed by atoms with van der Waals surface area (Å²) in [5.41, 5.74) is 1.98. The van der Waals surface area contributed by atoms with E-state index in [1.807, 2.05) is 35.8 Å². The molecular weight excluding hydrogens is 254 g/mol. The Hall–Kier alpha value is -1.88. The second-order valence-corrected chi connectivity index (χ2v) is 5.23. The lowest BCUT2D eigenvalue weighted by Gasteiger charge is -2.15. The van der Waals surface area contributed by atoms with E-state index >= 15 is 0 Å². The second-order valence-electron chi connectivity index (χ2n) is 5.23. The van der Waals surface area contributed by atoms with Gasteiger partial charge in [-0.15, -0.1) is 0 Å². The van der Waals surface area contributed by atoms with Crippen molar-refractivity contribution in [1.82, 2.24) is 14.9 Å². The molecule has 2 rings (SSSR count). The zero-order valence-electron chi connectivity index (χ0n) is 11.9. The number of rotatable bonds is 6. The smallest absolute Gasteiger partial charge is 0.222 e. The molecule has 2 unspecified atom stereocenters. The summed E-state index contributed by atoms with van der Waals surface area (Å²) in [5, 5.41) is 12.2. The topological polar surface area (TPSA) is 67.2 Å². The normalized spacial score (nSPS) is 14.2. The third-order valence-electron chi connectivity index (χ3n) is 3.21. The van der Waals surface area contributed by atoms with E-state index in [0.29, 0.717) is 19.4 Å². The summed E-state index contributed by atoms with van der Waals surface area (Å²) in [6.07, 6.45) is 2.34. The van der Waals surface area contributed by atoms with Gasteiger partial charge in [0.25, 0.3) is 0 Å². The first-order valence-corrected chi connectivity index (χ1v) is 6.93. The van der Waals surface area contributed by atoms with Crippen molar-refractivity contribution in [3.63, 3.8) is 0 Å². The molecule has 0 bridgehead atoms. The number of nitrogens with zero attached hydrogens (tertiary/aromatic N) is 2. The maximum absolute atomic E-state index is 11.8. The summed E-state index contributed by atoms with van der Waals surface area (Å²) < 4.78 is 1.98. The van der Waals surface area contributed by atoms with Crippen molar-refractivity contribution < 1.29 is 9.90 Å². The van der Waals surface area contributed by atoms with Gasteiger partial charge in [0.2, 0.25) is 5.91 Å². The van der Waals surface area contributed by atoms with Gasteiger partial charge >= 0.3 is 0 Å². The molecule has 0 radical (unpaired) electrons. The van der Waals surface area contributed by atoms with E-state index in [-0.39, 0.29) is 11.9 Å². The van der Waals surface area contributed by atoms with Crippen LogP contribution >= 0.6 is 0 Å². The molecular formula is C15H21N3O2. The van der Waals surface area contributed by atoms with Gasteiger partial charge in [-0.3, -0.25) is 4.79 Å².